The number of carbonyl (C=O) groups excluding carboxylic acids is 1. The molecule has 1 aromatic rings. The van der Waals surface area contributed by atoms with Crippen LogP contribution in [0.1, 0.15) is 28.7 Å². The molecular weight excluding hydrogens is 326 g/mol. The SMILES string of the molecule is Cc1cc(C)c(C)c(S(=O)(=O)N2CCN(C(=O)CCN)CC2)c1C. The fraction of sp³-hybridized carbons (Fsp3) is 0.588. The first-order valence-electron chi connectivity index (χ1n) is 8.25. The molecule has 0 bridgehead atoms. The molecule has 1 aliphatic heterocycles. The summed E-state index contributed by atoms with van der Waals surface area (Å²) in [7, 11) is -3.56. The van der Waals surface area contributed by atoms with Crippen LogP contribution < -0.4 is 5.73 Å². The van der Waals surface area contributed by atoms with Crippen molar-refractivity contribution in [2.75, 3.05) is 32.7 Å². The van der Waals surface area contributed by atoms with E-state index in [1.54, 1.807) is 4.90 Å². The van der Waals surface area contributed by atoms with E-state index >= 15 is 0 Å². The molecule has 24 heavy (non-hydrogen) atoms. The van der Waals surface area contributed by atoms with Gasteiger partial charge in [-0.1, -0.05) is 6.07 Å². The number of rotatable bonds is 4. The third kappa shape index (κ3) is 3.48. The average molecular weight is 353 g/mol. The number of sulfonamides is 1. The highest BCUT2D eigenvalue weighted by molar-refractivity contribution is 7.89. The summed E-state index contributed by atoms with van der Waals surface area (Å²) in [6.45, 7) is 9.38. The van der Waals surface area contributed by atoms with Gasteiger partial charge in [-0.25, -0.2) is 8.42 Å². The molecule has 0 aliphatic carbocycles. The van der Waals surface area contributed by atoms with Gasteiger partial charge in [0.15, 0.2) is 0 Å². The highest BCUT2D eigenvalue weighted by Crippen LogP contribution is 2.29. The molecule has 1 amide bonds. The van der Waals surface area contributed by atoms with Crippen molar-refractivity contribution in [1.82, 2.24) is 9.21 Å². The van der Waals surface area contributed by atoms with Gasteiger partial charge in [-0.2, -0.15) is 4.31 Å². The van der Waals surface area contributed by atoms with Gasteiger partial charge in [0.05, 0.1) is 4.90 Å². The normalized spacial score (nSPS) is 16.5. The summed E-state index contributed by atoms with van der Waals surface area (Å²) < 4.78 is 27.8. The van der Waals surface area contributed by atoms with Crippen molar-refractivity contribution in [3.05, 3.63) is 28.3 Å². The van der Waals surface area contributed by atoms with E-state index in [1.807, 2.05) is 33.8 Å². The fourth-order valence-corrected chi connectivity index (χ4v) is 5.15. The van der Waals surface area contributed by atoms with Crippen molar-refractivity contribution in [3.8, 4) is 0 Å². The predicted octanol–water partition coefficient (Wildman–Crippen LogP) is 1.10. The summed E-state index contributed by atoms with van der Waals surface area (Å²) in [6.07, 6.45) is 0.308. The zero-order chi connectivity index (χ0) is 18.1. The molecule has 1 aliphatic rings. The van der Waals surface area contributed by atoms with E-state index in [1.165, 1.54) is 4.31 Å². The van der Waals surface area contributed by atoms with Gasteiger partial charge in [0, 0.05) is 39.1 Å². The Balaban J connectivity index is 2.26. The Hall–Kier alpha value is -1.44. The zero-order valence-corrected chi connectivity index (χ0v) is 15.7. The molecule has 1 aromatic carbocycles. The van der Waals surface area contributed by atoms with E-state index in [9.17, 15) is 13.2 Å². The van der Waals surface area contributed by atoms with E-state index in [0.717, 1.165) is 22.3 Å². The molecule has 2 rings (SSSR count). The highest BCUT2D eigenvalue weighted by atomic mass is 32.2. The summed E-state index contributed by atoms with van der Waals surface area (Å²) in [4.78, 5) is 14.0. The van der Waals surface area contributed by atoms with Crippen molar-refractivity contribution in [2.45, 2.75) is 39.0 Å². The number of amides is 1. The average Bonchev–Trinajstić information content (AvgIpc) is 2.53. The molecule has 1 saturated heterocycles. The maximum atomic E-state index is 13.1. The van der Waals surface area contributed by atoms with E-state index in [-0.39, 0.29) is 5.91 Å². The number of nitrogens with zero attached hydrogens (tertiary/aromatic N) is 2. The Labute approximate surface area is 144 Å². The Morgan fingerprint density at radius 2 is 1.54 bits per heavy atom. The monoisotopic (exact) mass is 353 g/mol. The Morgan fingerprint density at radius 1 is 1.04 bits per heavy atom. The lowest BCUT2D eigenvalue weighted by molar-refractivity contribution is -0.132. The summed E-state index contributed by atoms with van der Waals surface area (Å²) in [6, 6.07) is 2.02. The van der Waals surface area contributed by atoms with Crippen molar-refractivity contribution in [2.24, 2.45) is 5.73 Å². The number of hydrogen-bond donors (Lipinski definition) is 1. The molecule has 6 nitrogen and oxygen atoms in total. The van der Waals surface area contributed by atoms with Crippen LogP contribution in [0, 0.1) is 27.7 Å². The molecule has 0 atom stereocenters. The lowest BCUT2D eigenvalue weighted by Gasteiger charge is -2.34. The standard InChI is InChI=1S/C17H27N3O3S/c1-12-11-13(2)15(4)17(14(12)3)24(22,23)20-9-7-19(8-10-20)16(21)5-6-18/h11H,5-10,18H2,1-4H3. The van der Waals surface area contributed by atoms with E-state index in [0.29, 0.717) is 44.0 Å². The largest absolute Gasteiger partial charge is 0.340 e. The summed E-state index contributed by atoms with van der Waals surface area (Å²) in [5.74, 6) is -0.00620. The molecule has 134 valence electrons. The van der Waals surface area contributed by atoms with Gasteiger partial charge in [-0.15, -0.1) is 0 Å². The first-order chi connectivity index (χ1) is 11.2. The van der Waals surface area contributed by atoms with Gasteiger partial charge in [0.25, 0.3) is 0 Å². The number of piperazine rings is 1. The van der Waals surface area contributed by atoms with E-state index < -0.39 is 10.0 Å². The number of nitrogens with two attached hydrogens (primary N) is 1. The number of hydrogen-bond acceptors (Lipinski definition) is 4. The van der Waals surface area contributed by atoms with Gasteiger partial charge < -0.3 is 10.6 Å². The predicted molar refractivity (Wildman–Crippen MR) is 94.4 cm³/mol. The Bertz CT molecular complexity index is 710. The van der Waals surface area contributed by atoms with Crippen LogP contribution in [0.5, 0.6) is 0 Å². The third-order valence-corrected chi connectivity index (χ3v) is 7.02. The van der Waals surface area contributed by atoms with Gasteiger partial charge in [0.1, 0.15) is 0 Å². The maximum Gasteiger partial charge on any atom is 0.243 e. The molecule has 0 aromatic heterocycles. The quantitative estimate of drug-likeness (QED) is 0.879. The zero-order valence-electron chi connectivity index (χ0n) is 14.9. The second kappa shape index (κ2) is 7.21. The van der Waals surface area contributed by atoms with Crippen LogP contribution in [0.15, 0.2) is 11.0 Å². The van der Waals surface area contributed by atoms with Gasteiger partial charge in [-0.3, -0.25) is 4.79 Å². The van der Waals surface area contributed by atoms with E-state index in [4.69, 9.17) is 5.73 Å². The minimum atomic E-state index is -3.56. The van der Waals surface area contributed by atoms with Crippen LogP contribution in [0.3, 0.4) is 0 Å². The number of aryl methyl sites for hydroxylation is 2. The lowest BCUT2D eigenvalue weighted by atomic mass is 10.0. The van der Waals surface area contributed by atoms with Crippen molar-refractivity contribution >= 4 is 15.9 Å². The molecule has 7 heteroatoms. The van der Waals surface area contributed by atoms with Crippen LogP contribution in [0.4, 0.5) is 0 Å². The minimum Gasteiger partial charge on any atom is -0.340 e. The molecule has 1 fully saturated rings. The third-order valence-electron chi connectivity index (χ3n) is 4.84. The fourth-order valence-electron chi connectivity index (χ4n) is 3.16. The molecule has 1 heterocycles. The molecule has 0 spiro atoms. The Morgan fingerprint density at radius 3 is 2.00 bits per heavy atom. The topological polar surface area (TPSA) is 83.7 Å². The van der Waals surface area contributed by atoms with Crippen molar-refractivity contribution in [3.63, 3.8) is 0 Å². The number of carbonyl (C=O) groups is 1. The van der Waals surface area contributed by atoms with Crippen molar-refractivity contribution in [1.29, 1.82) is 0 Å². The molecular formula is C17H27N3O3S. The molecule has 0 saturated carbocycles. The maximum absolute atomic E-state index is 13.1. The summed E-state index contributed by atoms with van der Waals surface area (Å²) >= 11 is 0. The second-order valence-corrected chi connectivity index (χ2v) is 8.29. The van der Waals surface area contributed by atoms with Crippen LogP contribution in [0.25, 0.3) is 0 Å². The van der Waals surface area contributed by atoms with Gasteiger partial charge in [0.2, 0.25) is 15.9 Å². The van der Waals surface area contributed by atoms with E-state index in [2.05, 4.69) is 0 Å². The van der Waals surface area contributed by atoms with Crippen LogP contribution in [0.2, 0.25) is 0 Å². The summed E-state index contributed by atoms with van der Waals surface area (Å²) in [5, 5.41) is 0. The second-order valence-electron chi connectivity index (χ2n) is 6.41. The van der Waals surface area contributed by atoms with Crippen molar-refractivity contribution < 1.29 is 13.2 Å². The van der Waals surface area contributed by atoms with Gasteiger partial charge in [-0.05, 0) is 49.9 Å². The van der Waals surface area contributed by atoms with Gasteiger partial charge >= 0.3 is 0 Å². The van der Waals surface area contributed by atoms with Crippen LogP contribution in [-0.2, 0) is 14.8 Å². The molecule has 0 unspecified atom stereocenters. The minimum absolute atomic E-state index is 0.00620. The Kier molecular flexibility index (Phi) is 5.67. The lowest BCUT2D eigenvalue weighted by Crippen LogP contribution is -2.51. The smallest absolute Gasteiger partial charge is 0.243 e. The number of benzene rings is 1. The summed E-state index contributed by atoms with van der Waals surface area (Å²) in [5.41, 5.74) is 8.99. The van der Waals surface area contributed by atoms with Crippen LogP contribution in [-0.4, -0.2) is 56.3 Å². The molecule has 2 N–H and O–H groups in total. The van der Waals surface area contributed by atoms with Crippen LogP contribution >= 0.6 is 0 Å². The molecule has 0 radical (unpaired) electrons. The first-order valence-corrected chi connectivity index (χ1v) is 9.69. The first kappa shape index (κ1) is 18.9. The highest BCUT2D eigenvalue weighted by Gasteiger charge is 2.32.